The first-order chi connectivity index (χ1) is 13.1. The van der Waals surface area contributed by atoms with Gasteiger partial charge in [-0.25, -0.2) is 0 Å². The molecule has 0 aromatic carbocycles. The number of hydrogen-bond donors (Lipinski definition) is 1. The van der Waals surface area contributed by atoms with Gasteiger partial charge in [-0.05, 0) is 38.8 Å². The number of rotatable bonds is 6. The molecule has 0 spiro atoms. The highest BCUT2D eigenvalue weighted by molar-refractivity contribution is 14.0. The van der Waals surface area contributed by atoms with E-state index in [4.69, 9.17) is 4.99 Å². The quantitative estimate of drug-likeness (QED) is 0.361. The molecule has 3 heterocycles. The van der Waals surface area contributed by atoms with Crippen LogP contribution >= 0.6 is 24.0 Å². The number of anilines is 1. The Morgan fingerprint density at radius 3 is 2.79 bits per heavy atom. The smallest absolute Gasteiger partial charge is 0.246 e. The van der Waals surface area contributed by atoms with Gasteiger partial charge in [0.2, 0.25) is 5.91 Å². The summed E-state index contributed by atoms with van der Waals surface area (Å²) >= 11 is 0. The number of piperazine rings is 1. The first-order valence-electron chi connectivity index (χ1n) is 10.1. The summed E-state index contributed by atoms with van der Waals surface area (Å²) in [6, 6.07) is 0. The zero-order valence-electron chi connectivity index (χ0n) is 17.3. The van der Waals surface area contributed by atoms with Gasteiger partial charge in [-0.3, -0.25) is 14.5 Å². The Labute approximate surface area is 185 Å². The van der Waals surface area contributed by atoms with E-state index in [0.717, 1.165) is 37.8 Å². The number of guanidine groups is 1. The van der Waals surface area contributed by atoms with Gasteiger partial charge in [0.25, 0.3) is 0 Å². The van der Waals surface area contributed by atoms with Crippen LogP contribution in [-0.4, -0.2) is 83.8 Å². The van der Waals surface area contributed by atoms with Crippen LogP contribution in [0.4, 0.5) is 5.69 Å². The van der Waals surface area contributed by atoms with Crippen LogP contribution in [0.2, 0.25) is 0 Å². The van der Waals surface area contributed by atoms with Crippen LogP contribution in [0.5, 0.6) is 0 Å². The summed E-state index contributed by atoms with van der Waals surface area (Å²) in [5, 5.41) is 7.54. The minimum atomic E-state index is 0. The minimum absolute atomic E-state index is 0. The second kappa shape index (κ2) is 11.0. The maximum atomic E-state index is 12.7. The van der Waals surface area contributed by atoms with E-state index in [1.165, 1.54) is 25.9 Å². The highest BCUT2D eigenvalue weighted by atomic mass is 127. The number of carbonyl (C=O) groups is 1. The van der Waals surface area contributed by atoms with Crippen LogP contribution in [0.25, 0.3) is 0 Å². The monoisotopic (exact) mass is 503 g/mol. The molecule has 0 aliphatic carbocycles. The lowest BCUT2D eigenvalue weighted by molar-refractivity contribution is -0.120. The Morgan fingerprint density at radius 2 is 2.14 bits per heavy atom. The van der Waals surface area contributed by atoms with E-state index < -0.39 is 0 Å². The van der Waals surface area contributed by atoms with Crippen molar-refractivity contribution in [1.82, 2.24) is 24.9 Å². The lowest BCUT2D eigenvalue weighted by Gasteiger charge is -2.35. The molecule has 1 unspecified atom stereocenters. The fourth-order valence-electron chi connectivity index (χ4n) is 3.90. The molecule has 8 nitrogen and oxygen atoms in total. The molecule has 3 rings (SSSR count). The second-order valence-corrected chi connectivity index (χ2v) is 7.49. The number of aliphatic imine (C=N–C) groups is 1. The van der Waals surface area contributed by atoms with Gasteiger partial charge in [0.05, 0.1) is 11.9 Å². The molecule has 1 N–H and O–H groups in total. The van der Waals surface area contributed by atoms with Crippen LogP contribution in [0.1, 0.15) is 26.7 Å². The normalized spacial score (nSPS) is 21.2. The Bertz CT molecular complexity index is 662. The molecule has 158 valence electrons. The molecule has 1 aromatic rings. The lowest BCUT2D eigenvalue weighted by atomic mass is 10.1. The van der Waals surface area contributed by atoms with Crippen LogP contribution in [0, 0.1) is 5.92 Å². The highest BCUT2D eigenvalue weighted by Crippen LogP contribution is 2.18. The van der Waals surface area contributed by atoms with Gasteiger partial charge in [-0.2, -0.15) is 5.10 Å². The molecule has 2 aliphatic rings. The molecule has 28 heavy (non-hydrogen) atoms. The molecule has 2 aliphatic heterocycles. The molecule has 1 amide bonds. The van der Waals surface area contributed by atoms with Crippen molar-refractivity contribution in [3.63, 3.8) is 0 Å². The van der Waals surface area contributed by atoms with Gasteiger partial charge in [0.1, 0.15) is 6.54 Å². The van der Waals surface area contributed by atoms with E-state index in [1.807, 2.05) is 18.1 Å². The second-order valence-electron chi connectivity index (χ2n) is 7.49. The largest absolute Gasteiger partial charge is 0.357 e. The van der Waals surface area contributed by atoms with Crippen LogP contribution in [0.3, 0.4) is 0 Å². The number of aromatic nitrogens is 2. The molecule has 2 fully saturated rings. The predicted molar refractivity (Wildman–Crippen MR) is 123 cm³/mol. The predicted octanol–water partition coefficient (Wildman–Crippen LogP) is 1.38. The molecule has 9 heteroatoms. The van der Waals surface area contributed by atoms with Crippen LogP contribution in [-0.2, 0) is 11.8 Å². The SMILES string of the molecule is CCCN1CCC(CN=C(NCC)N2CCN(c3cnn(C)c3)C(=O)C2)C1.I. The first kappa shape index (κ1) is 22.9. The summed E-state index contributed by atoms with van der Waals surface area (Å²) in [5.74, 6) is 1.58. The number of nitrogens with zero attached hydrogens (tertiary/aromatic N) is 6. The average molecular weight is 503 g/mol. The zero-order chi connectivity index (χ0) is 19.2. The topological polar surface area (TPSA) is 69.0 Å². The summed E-state index contributed by atoms with van der Waals surface area (Å²) in [6.45, 7) is 11.2. The maximum Gasteiger partial charge on any atom is 0.246 e. The van der Waals surface area contributed by atoms with Crippen molar-refractivity contribution >= 4 is 41.5 Å². The number of amides is 1. The third-order valence-corrected chi connectivity index (χ3v) is 5.27. The van der Waals surface area contributed by atoms with E-state index in [-0.39, 0.29) is 29.9 Å². The van der Waals surface area contributed by atoms with E-state index >= 15 is 0 Å². The number of nitrogens with one attached hydrogen (secondary N) is 1. The van der Waals surface area contributed by atoms with Crippen LogP contribution < -0.4 is 10.2 Å². The Morgan fingerprint density at radius 1 is 1.32 bits per heavy atom. The first-order valence-corrected chi connectivity index (χ1v) is 10.1. The maximum absolute atomic E-state index is 12.7. The van der Waals surface area contributed by atoms with Crippen molar-refractivity contribution in [3.05, 3.63) is 12.4 Å². The van der Waals surface area contributed by atoms with Crippen molar-refractivity contribution < 1.29 is 4.79 Å². The summed E-state index contributed by atoms with van der Waals surface area (Å²) < 4.78 is 1.73. The molecule has 2 saturated heterocycles. The zero-order valence-corrected chi connectivity index (χ0v) is 19.6. The van der Waals surface area contributed by atoms with E-state index in [0.29, 0.717) is 19.0 Å². The third kappa shape index (κ3) is 5.82. The van der Waals surface area contributed by atoms with E-state index in [2.05, 4.69) is 34.1 Å². The van der Waals surface area contributed by atoms with Gasteiger partial charge in [0.15, 0.2) is 5.96 Å². The molecule has 0 radical (unpaired) electrons. The molecular weight excluding hydrogens is 469 g/mol. The van der Waals surface area contributed by atoms with Gasteiger partial charge in [-0.1, -0.05) is 6.92 Å². The fourth-order valence-corrected chi connectivity index (χ4v) is 3.90. The number of carbonyl (C=O) groups excluding carboxylic acids is 1. The van der Waals surface area contributed by atoms with Crippen molar-refractivity contribution in [2.24, 2.45) is 18.0 Å². The molecule has 0 bridgehead atoms. The number of likely N-dealkylation sites (tertiary alicyclic amines) is 1. The highest BCUT2D eigenvalue weighted by Gasteiger charge is 2.28. The summed E-state index contributed by atoms with van der Waals surface area (Å²) in [5.41, 5.74) is 0.867. The number of aryl methyl sites for hydroxylation is 1. The van der Waals surface area contributed by atoms with E-state index in [1.54, 1.807) is 10.9 Å². The molecule has 1 atom stereocenters. The molecule has 1 aromatic heterocycles. The summed E-state index contributed by atoms with van der Waals surface area (Å²) in [7, 11) is 1.87. The minimum Gasteiger partial charge on any atom is -0.357 e. The van der Waals surface area contributed by atoms with E-state index in [9.17, 15) is 4.79 Å². The number of hydrogen-bond acceptors (Lipinski definition) is 4. The summed E-state index contributed by atoms with van der Waals surface area (Å²) in [6.07, 6.45) is 6.06. The molecular formula is C19H34IN7O. The standard InChI is InChI=1S/C19H33N7O.HI/c1-4-7-24-8-6-16(13-24)11-21-19(20-5-2)25-9-10-26(18(27)15-25)17-12-22-23(3)14-17;/h12,14,16H,4-11,13,15H2,1-3H3,(H,20,21);1H. The third-order valence-electron chi connectivity index (χ3n) is 5.27. The van der Waals surface area contributed by atoms with Crippen molar-refractivity contribution in [2.75, 3.05) is 57.3 Å². The lowest BCUT2D eigenvalue weighted by Crippen LogP contribution is -2.55. The Balaban J connectivity index is 0.00000280. The number of halogens is 1. The van der Waals surface area contributed by atoms with Crippen LogP contribution in [0.15, 0.2) is 17.4 Å². The van der Waals surface area contributed by atoms with Gasteiger partial charge < -0.3 is 20.0 Å². The van der Waals surface area contributed by atoms with Crippen molar-refractivity contribution in [2.45, 2.75) is 26.7 Å². The van der Waals surface area contributed by atoms with Gasteiger partial charge in [-0.15, -0.1) is 24.0 Å². The fraction of sp³-hybridized carbons (Fsp3) is 0.737. The van der Waals surface area contributed by atoms with Crippen molar-refractivity contribution in [3.8, 4) is 0 Å². The average Bonchev–Trinajstić information content (AvgIpc) is 3.28. The summed E-state index contributed by atoms with van der Waals surface area (Å²) in [4.78, 5) is 23.9. The molecule has 0 saturated carbocycles. The van der Waals surface area contributed by atoms with Gasteiger partial charge >= 0.3 is 0 Å². The Kier molecular flexibility index (Phi) is 9.00. The van der Waals surface area contributed by atoms with Gasteiger partial charge in [0, 0.05) is 46.0 Å². The van der Waals surface area contributed by atoms with Crippen molar-refractivity contribution in [1.29, 1.82) is 0 Å². The Hall–Kier alpha value is -1.36.